The van der Waals surface area contributed by atoms with Crippen LogP contribution < -0.4 is 15.2 Å². The molecule has 5 heteroatoms. The predicted molar refractivity (Wildman–Crippen MR) is 107 cm³/mol. The van der Waals surface area contributed by atoms with Crippen LogP contribution in [0.25, 0.3) is 0 Å². The second kappa shape index (κ2) is 8.54. The van der Waals surface area contributed by atoms with E-state index in [9.17, 15) is 0 Å². The lowest BCUT2D eigenvalue weighted by molar-refractivity contribution is -0.401. The minimum atomic E-state index is -1.08. The first kappa shape index (κ1) is 20.2. The van der Waals surface area contributed by atoms with Gasteiger partial charge in [0.1, 0.15) is 12.8 Å². The summed E-state index contributed by atoms with van der Waals surface area (Å²) in [7, 11) is 3.80. The van der Waals surface area contributed by atoms with E-state index in [2.05, 4.69) is 61.1 Å². The lowest BCUT2D eigenvalue weighted by Gasteiger charge is -2.15. The van der Waals surface area contributed by atoms with Gasteiger partial charge in [-0.3, -0.25) is 0 Å². The van der Waals surface area contributed by atoms with Gasteiger partial charge in [0.25, 0.3) is 0 Å². The van der Waals surface area contributed by atoms with Gasteiger partial charge in [0.2, 0.25) is 5.69 Å². The molecule has 0 atom stereocenters. The van der Waals surface area contributed by atoms with Gasteiger partial charge in [-0.2, -0.15) is 4.58 Å². The third-order valence-corrected chi connectivity index (χ3v) is 4.52. The zero-order chi connectivity index (χ0) is 20.0. The van der Waals surface area contributed by atoms with E-state index in [1.165, 1.54) is 17.0 Å². The highest BCUT2D eigenvalue weighted by Crippen LogP contribution is 2.38. The number of anilines is 1. The topological polar surface area (TPSA) is 64.4 Å². The van der Waals surface area contributed by atoms with Crippen molar-refractivity contribution in [3.8, 4) is 5.75 Å². The van der Waals surface area contributed by atoms with Crippen LogP contribution in [0, 0.1) is 0 Å². The number of rotatable bonds is 4. The molecular weight excluding hydrogens is 340 g/mol. The largest absolute Gasteiger partial charge is 0.550 e. The van der Waals surface area contributed by atoms with E-state index in [1.54, 1.807) is 7.11 Å². The average Bonchev–Trinajstić information content (AvgIpc) is 2.83. The first-order chi connectivity index (χ1) is 12.8. The molecule has 0 saturated carbocycles. The Kier molecular flexibility index (Phi) is 6.40. The van der Waals surface area contributed by atoms with E-state index in [1.807, 2.05) is 30.5 Å². The van der Waals surface area contributed by atoms with Gasteiger partial charge in [-0.15, -0.1) is 0 Å². The molecule has 1 heterocycles. The van der Waals surface area contributed by atoms with Crippen molar-refractivity contribution in [1.29, 1.82) is 0 Å². The molecule has 5 nitrogen and oxygen atoms in total. The van der Waals surface area contributed by atoms with E-state index in [0.717, 1.165) is 18.4 Å². The van der Waals surface area contributed by atoms with Gasteiger partial charge in [0.05, 0.1) is 12.5 Å². The Morgan fingerprint density at radius 3 is 2.30 bits per heavy atom. The number of hydrogen-bond donors (Lipinski definition) is 1. The summed E-state index contributed by atoms with van der Waals surface area (Å²) in [6.07, 6.45) is 4.16. The Morgan fingerprint density at radius 2 is 1.74 bits per heavy atom. The molecule has 0 aromatic heterocycles. The quantitative estimate of drug-likeness (QED) is 0.845. The van der Waals surface area contributed by atoms with Crippen LogP contribution in [0.5, 0.6) is 5.75 Å². The molecule has 0 unspecified atom stereocenters. The lowest BCUT2D eigenvalue weighted by Crippen LogP contribution is -2.26. The summed E-state index contributed by atoms with van der Waals surface area (Å²) in [5, 5.41) is 12.2. The third kappa shape index (κ3) is 4.76. The van der Waals surface area contributed by atoms with Gasteiger partial charge >= 0.3 is 0 Å². The first-order valence-electron chi connectivity index (χ1n) is 8.72. The Bertz CT molecular complexity index is 861. The number of benzene rings is 2. The normalized spacial score (nSPS) is 14.4. The Hall–Kier alpha value is -3.08. The molecular formula is C22H26N2O3. The van der Waals surface area contributed by atoms with Crippen LogP contribution in [-0.2, 0) is 10.2 Å². The number of aliphatic carboxylic acids is 1. The number of carboxylic acids is 1. The van der Waals surface area contributed by atoms with Crippen LogP contribution in [0.15, 0.2) is 60.8 Å². The molecule has 0 amide bonds. The Labute approximate surface area is 160 Å². The first-order valence-corrected chi connectivity index (χ1v) is 8.72. The van der Waals surface area contributed by atoms with Crippen molar-refractivity contribution in [1.82, 2.24) is 0 Å². The number of carbonyl (C=O) groups is 1. The number of carbonyl (C=O) groups excluding carboxylic acids is 1. The second-order valence-electron chi connectivity index (χ2n) is 6.78. The van der Waals surface area contributed by atoms with Gasteiger partial charge in [-0.05, 0) is 45.0 Å². The fourth-order valence-corrected chi connectivity index (χ4v) is 3.21. The van der Waals surface area contributed by atoms with Gasteiger partial charge < -0.3 is 20.0 Å². The van der Waals surface area contributed by atoms with Crippen molar-refractivity contribution in [3.05, 3.63) is 66.4 Å². The summed E-state index contributed by atoms with van der Waals surface area (Å²) < 4.78 is 7.44. The lowest BCUT2D eigenvalue weighted by atomic mass is 9.81. The molecule has 2 aromatic rings. The number of ether oxygens (including phenoxy) is 1. The van der Waals surface area contributed by atoms with E-state index >= 15 is 0 Å². The van der Waals surface area contributed by atoms with Crippen molar-refractivity contribution >= 4 is 23.1 Å². The highest BCUT2D eigenvalue weighted by atomic mass is 16.5. The van der Waals surface area contributed by atoms with Crippen LogP contribution in [0.4, 0.5) is 11.4 Å². The number of fused-ring (bicyclic) bond motifs is 1. The molecule has 1 aliphatic heterocycles. The molecule has 0 aliphatic carbocycles. The molecule has 0 spiro atoms. The molecule has 142 valence electrons. The number of allylic oxidation sites excluding steroid dienone is 1. The maximum Gasteiger partial charge on any atom is 0.209 e. The summed E-state index contributed by atoms with van der Waals surface area (Å²) in [5.41, 5.74) is 4.97. The maximum absolute atomic E-state index is 8.89. The molecule has 0 bridgehead atoms. The number of carboxylic acid groups (broad SMARTS) is 1. The van der Waals surface area contributed by atoms with E-state index < -0.39 is 5.97 Å². The van der Waals surface area contributed by atoms with Gasteiger partial charge in [-0.25, -0.2) is 0 Å². The SMILES string of the molecule is CC(=O)[O-].COc1ccc(NC=CC2=[N+](C)c3ccccc3C2(C)C)cc1. The predicted octanol–water partition coefficient (Wildman–Crippen LogP) is 3.08. The zero-order valence-electron chi connectivity index (χ0n) is 16.4. The van der Waals surface area contributed by atoms with Crippen molar-refractivity contribution in [2.45, 2.75) is 26.2 Å². The van der Waals surface area contributed by atoms with Crippen LogP contribution in [0.2, 0.25) is 0 Å². The van der Waals surface area contributed by atoms with Crippen LogP contribution in [-0.4, -0.2) is 30.4 Å². The number of nitrogens with zero attached hydrogens (tertiary/aromatic N) is 1. The minimum absolute atomic E-state index is 0.00340. The van der Waals surface area contributed by atoms with E-state index in [-0.39, 0.29) is 5.41 Å². The number of hydrogen-bond acceptors (Lipinski definition) is 4. The van der Waals surface area contributed by atoms with Crippen molar-refractivity contribution < 1.29 is 19.2 Å². The Balaban J connectivity index is 0.000000596. The molecule has 1 aliphatic rings. The smallest absolute Gasteiger partial charge is 0.209 e. The van der Waals surface area contributed by atoms with Crippen molar-refractivity contribution in [3.63, 3.8) is 0 Å². The average molecular weight is 366 g/mol. The van der Waals surface area contributed by atoms with E-state index in [0.29, 0.717) is 0 Å². The monoisotopic (exact) mass is 366 g/mol. The van der Waals surface area contributed by atoms with E-state index in [4.69, 9.17) is 14.6 Å². The fourth-order valence-electron chi connectivity index (χ4n) is 3.21. The fraction of sp³-hybridized carbons (Fsp3) is 0.273. The summed E-state index contributed by atoms with van der Waals surface area (Å²) >= 11 is 0. The minimum Gasteiger partial charge on any atom is -0.550 e. The Morgan fingerprint density at radius 1 is 1.15 bits per heavy atom. The van der Waals surface area contributed by atoms with Crippen molar-refractivity contribution in [2.75, 3.05) is 19.5 Å². The molecule has 1 N–H and O–H groups in total. The summed E-state index contributed by atoms with van der Waals surface area (Å²) in [4.78, 5) is 8.89. The number of para-hydroxylation sites is 1. The summed E-state index contributed by atoms with van der Waals surface area (Å²) in [6, 6.07) is 16.5. The van der Waals surface area contributed by atoms with Crippen molar-refractivity contribution in [2.24, 2.45) is 0 Å². The van der Waals surface area contributed by atoms with Gasteiger partial charge in [0, 0.05) is 35.6 Å². The van der Waals surface area contributed by atoms with Gasteiger partial charge in [0.15, 0.2) is 5.71 Å². The maximum atomic E-state index is 8.89. The molecule has 0 fully saturated rings. The van der Waals surface area contributed by atoms with Crippen LogP contribution >= 0.6 is 0 Å². The van der Waals surface area contributed by atoms with Gasteiger partial charge in [-0.1, -0.05) is 18.2 Å². The molecule has 0 radical (unpaired) electrons. The summed E-state index contributed by atoms with van der Waals surface area (Å²) in [5.74, 6) is -0.221. The number of nitrogens with one attached hydrogen (secondary N) is 1. The molecule has 0 saturated heterocycles. The highest BCUT2D eigenvalue weighted by Gasteiger charge is 2.42. The van der Waals surface area contributed by atoms with Crippen LogP contribution in [0.3, 0.4) is 0 Å². The second-order valence-corrected chi connectivity index (χ2v) is 6.78. The van der Waals surface area contributed by atoms with Crippen LogP contribution in [0.1, 0.15) is 26.3 Å². The molecule has 27 heavy (non-hydrogen) atoms. The highest BCUT2D eigenvalue weighted by molar-refractivity contribution is 6.03. The molecule has 2 aromatic carbocycles. The standard InChI is InChI=1S/C20H22N2O.C2H4O2/c1-20(2)17-7-5-6-8-18(17)22(3)19(20)13-14-21-15-9-11-16(23-4)12-10-15;1-2(3)4/h5-14H,1-4H3;1H3,(H,3,4). The molecule has 3 rings (SSSR count). The zero-order valence-corrected chi connectivity index (χ0v) is 16.4. The third-order valence-electron chi connectivity index (χ3n) is 4.52. The summed E-state index contributed by atoms with van der Waals surface area (Å²) in [6.45, 7) is 5.50. The number of methoxy groups -OCH3 is 1.